The zero-order chi connectivity index (χ0) is 26.4. The number of ketones is 1. The van der Waals surface area contributed by atoms with Gasteiger partial charge in [0.1, 0.15) is 11.6 Å². The number of Topliss-reactive ketones (excluding diaryl/α,β-unsaturated/α-hetero) is 1. The molecule has 0 spiro atoms. The van der Waals surface area contributed by atoms with Crippen LogP contribution >= 0.6 is 0 Å². The molecule has 11 heteroatoms. The second-order valence-corrected chi connectivity index (χ2v) is 7.64. The summed E-state index contributed by atoms with van der Waals surface area (Å²) in [6.45, 7) is 0.676. The monoisotopic (exact) mass is 493 g/mol. The van der Waals surface area contributed by atoms with Crippen LogP contribution in [0.4, 0.5) is 5.69 Å². The molecule has 0 aliphatic heterocycles. The van der Waals surface area contributed by atoms with Gasteiger partial charge < -0.3 is 19.3 Å². The van der Waals surface area contributed by atoms with Crippen LogP contribution < -0.4 is 19.8 Å². The number of nitrogens with zero attached hydrogens (tertiary/aromatic N) is 3. The lowest BCUT2D eigenvalue weighted by Gasteiger charge is -2.16. The number of ether oxygens (including phenoxy) is 3. The number of nitriles is 1. The molecular weight excluding hydrogens is 470 g/mol. The highest BCUT2D eigenvalue weighted by molar-refractivity contribution is 6.01. The van der Waals surface area contributed by atoms with Gasteiger partial charge in [0.15, 0.2) is 23.9 Å². The molecule has 1 heterocycles. The van der Waals surface area contributed by atoms with Crippen molar-refractivity contribution in [3.05, 3.63) is 85.2 Å². The molecule has 1 N–H and O–H groups in total. The summed E-state index contributed by atoms with van der Waals surface area (Å²) in [5.41, 5.74) is -0.886. The number of rotatable bonds is 10. The summed E-state index contributed by atoms with van der Waals surface area (Å²) in [6, 6.07) is 12.5. The summed E-state index contributed by atoms with van der Waals surface area (Å²) in [5.74, 6) is -0.492. The van der Waals surface area contributed by atoms with Gasteiger partial charge in [0, 0.05) is 12.6 Å². The number of aromatic hydroxyl groups is 1. The molecule has 0 unspecified atom stereocenters. The van der Waals surface area contributed by atoms with Crippen LogP contribution in [0.5, 0.6) is 23.1 Å². The van der Waals surface area contributed by atoms with E-state index in [2.05, 4.69) is 0 Å². The van der Waals surface area contributed by atoms with Crippen LogP contribution in [-0.4, -0.2) is 41.2 Å². The Balaban J connectivity index is 1.93. The van der Waals surface area contributed by atoms with Crippen molar-refractivity contribution in [2.75, 3.05) is 20.8 Å². The molecule has 0 aliphatic carbocycles. The Morgan fingerprint density at radius 1 is 1.14 bits per heavy atom. The topological polar surface area (TPSA) is 154 Å². The fourth-order valence-electron chi connectivity index (χ4n) is 3.71. The average Bonchev–Trinajstić information content (AvgIpc) is 2.87. The molecule has 0 saturated heterocycles. The quantitative estimate of drug-likeness (QED) is 0.255. The van der Waals surface area contributed by atoms with E-state index in [0.717, 1.165) is 10.1 Å². The Labute approximate surface area is 205 Å². The van der Waals surface area contributed by atoms with E-state index in [1.807, 2.05) is 0 Å². The number of methoxy groups -OCH3 is 2. The molecule has 3 aromatic rings. The fraction of sp³-hybridized carbons (Fsp3) is 0.240. The van der Waals surface area contributed by atoms with Crippen LogP contribution in [0.2, 0.25) is 0 Å². The Bertz CT molecular complexity index is 1420. The minimum absolute atomic E-state index is 0.00136. The maximum Gasteiger partial charge on any atom is 0.310 e. The van der Waals surface area contributed by atoms with E-state index in [-0.39, 0.29) is 41.1 Å². The number of nitro groups is 1. The van der Waals surface area contributed by atoms with Gasteiger partial charge in [-0.05, 0) is 42.7 Å². The van der Waals surface area contributed by atoms with E-state index >= 15 is 0 Å². The van der Waals surface area contributed by atoms with Gasteiger partial charge >= 0.3 is 5.69 Å². The summed E-state index contributed by atoms with van der Waals surface area (Å²) in [7, 11) is 2.99. The number of aromatic nitrogens is 1. The standard InChI is InChI=1S/C25H23N3O8/c1-15-17(13-26)24(30)27(11-10-16-8-9-21(34-2)22(12-16)35-3)25(31)23(15)19(29)14-36-20-7-5-4-6-18(20)28(32)33/h4-9,12,31H,10-11,14H2,1-3H3. The summed E-state index contributed by atoms with van der Waals surface area (Å²) >= 11 is 0. The van der Waals surface area contributed by atoms with E-state index in [0.29, 0.717) is 11.5 Å². The van der Waals surface area contributed by atoms with Gasteiger partial charge in [0.05, 0.1) is 24.7 Å². The average molecular weight is 493 g/mol. The largest absolute Gasteiger partial charge is 0.494 e. The van der Waals surface area contributed by atoms with Crippen LogP contribution in [0.15, 0.2) is 47.3 Å². The predicted molar refractivity (Wildman–Crippen MR) is 128 cm³/mol. The number of para-hydroxylation sites is 2. The number of benzene rings is 2. The molecule has 11 nitrogen and oxygen atoms in total. The molecule has 0 atom stereocenters. The van der Waals surface area contributed by atoms with Crippen molar-refractivity contribution >= 4 is 11.5 Å². The first-order valence-corrected chi connectivity index (χ1v) is 10.7. The molecular formula is C25H23N3O8. The smallest absolute Gasteiger partial charge is 0.310 e. The summed E-state index contributed by atoms with van der Waals surface area (Å²) in [5, 5.41) is 31.6. The molecule has 36 heavy (non-hydrogen) atoms. The summed E-state index contributed by atoms with van der Waals surface area (Å²) in [6.07, 6.45) is 0.266. The second-order valence-electron chi connectivity index (χ2n) is 7.64. The first kappa shape index (κ1) is 25.8. The van der Waals surface area contributed by atoms with Crippen LogP contribution in [0, 0.1) is 28.4 Å². The van der Waals surface area contributed by atoms with Crippen molar-refractivity contribution in [3.63, 3.8) is 0 Å². The number of nitro benzene ring substituents is 1. The third kappa shape index (κ3) is 5.12. The van der Waals surface area contributed by atoms with E-state index in [1.165, 1.54) is 45.4 Å². The van der Waals surface area contributed by atoms with Gasteiger partial charge in [0.25, 0.3) is 5.56 Å². The summed E-state index contributed by atoms with van der Waals surface area (Å²) in [4.78, 5) is 36.4. The van der Waals surface area contributed by atoms with E-state index in [4.69, 9.17) is 14.2 Å². The lowest BCUT2D eigenvalue weighted by Crippen LogP contribution is -2.28. The minimum atomic E-state index is -0.750. The number of hydrogen-bond donors (Lipinski definition) is 1. The van der Waals surface area contributed by atoms with Crippen molar-refractivity contribution < 1.29 is 29.0 Å². The van der Waals surface area contributed by atoms with Crippen molar-refractivity contribution in [3.8, 4) is 29.2 Å². The van der Waals surface area contributed by atoms with Crippen molar-refractivity contribution in [2.45, 2.75) is 19.9 Å². The maximum absolute atomic E-state index is 13.0. The summed E-state index contributed by atoms with van der Waals surface area (Å²) < 4.78 is 16.8. The van der Waals surface area contributed by atoms with Gasteiger partial charge in [-0.3, -0.25) is 24.3 Å². The maximum atomic E-state index is 13.0. The highest BCUT2D eigenvalue weighted by Gasteiger charge is 2.25. The molecule has 0 amide bonds. The molecule has 0 fully saturated rings. The fourth-order valence-corrected chi connectivity index (χ4v) is 3.71. The molecule has 2 aromatic carbocycles. The van der Waals surface area contributed by atoms with E-state index in [9.17, 15) is 30.1 Å². The third-order valence-corrected chi connectivity index (χ3v) is 5.57. The van der Waals surface area contributed by atoms with Crippen molar-refractivity contribution in [1.29, 1.82) is 5.26 Å². The molecule has 1 aromatic heterocycles. The number of hydrogen-bond acceptors (Lipinski definition) is 9. The van der Waals surface area contributed by atoms with Gasteiger partial charge in [-0.1, -0.05) is 18.2 Å². The molecule has 0 bridgehead atoms. The van der Waals surface area contributed by atoms with Gasteiger partial charge in [-0.2, -0.15) is 5.26 Å². The van der Waals surface area contributed by atoms with E-state index < -0.39 is 28.8 Å². The van der Waals surface area contributed by atoms with Crippen LogP contribution in [0.3, 0.4) is 0 Å². The highest BCUT2D eigenvalue weighted by Crippen LogP contribution is 2.29. The molecule has 186 valence electrons. The van der Waals surface area contributed by atoms with E-state index in [1.54, 1.807) is 24.3 Å². The van der Waals surface area contributed by atoms with Gasteiger partial charge in [0.2, 0.25) is 11.7 Å². The predicted octanol–water partition coefficient (Wildman–Crippen LogP) is 3.16. The number of carbonyl (C=O) groups excluding carboxylic acids is 1. The molecule has 0 saturated carbocycles. The van der Waals surface area contributed by atoms with Gasteiger partial charge in [-0.25, -0.2) is 0 Å². The Morgan fingerprint density at radius 2 is 1.83 bits per heavy atom. The minimum Gasteiger partial charge on any atom is -0.494 e. The highest BCUT2D eigenvalue weighted by atomic mass is 16.6. The first-order valence-electron chi connectivity index (χ1n) is 10.7. The second kappa shape index (κ2) is 11.1. The Morgan fingerprint density at radius 3 is 2.47 bits per heavy atom. The zero-order valence-corrected chi connectivity index (χ0v) is 19.8. The lowest BCUT2D eigenvalue weighted by atomic mass is 10.0. The Hall–Kier alpha value is -4.85. The Kier molecular flexibility index (Phi) is 7.91. The number of aryl methyl sites for hydroxylation is 1. The molecule has 0 radical (unpaired) electrons. The molecule has 3 rings (SSSR count). The van der Waals surface area contributed by atoms with Crippen LogP contribution in [0.1, 0.15) is 27.0 Å². The number of pyridine rings is 1. The zero-order valence-electron chi connectivity index (χ0n) is 19.8. The lowest BCUT2D eigenvalue weighted by molar-refractivity contribution is -0.385. The third-order valence-electron chi connectivity index (χ3n) is 5.57. The van der Waals surface area contributed by atoms with Crippen molar-refractivity contribution in [1.82, 2.24) is 4.57 Å². The molecule has 0 aliphatic rings. The van der Waals surface area contributed by atoms with Gasteiger partial charge in [-0.15, -0.1) is 0 Å². The first-order chi connectivity index (χ1) is 17.2. The van der Waals surface area contributed by atoms with Crippen molar-refractivity contribution in [2.24, 2.45) is 0 Å². The van der Waals surface area contributed by atoms with Crippen LogP contribution in [0.25, 0.3) is 0 Å². The number of carbonyl (C=O) groups is 1. The normalized spacial score (nSPS) is 10.4. The van der Waals surface area contributed by atoms with Crippen LogP contribution in [-0.2, 0) is 13.0 Å². The SMILES string of the molecule is COc1ccc(CCn2c(O)c(C(=O)COc3ccccc3[N+](=O)[O-])c(C)c(C#N)c2=O)cc1OC.